The first-order valence-electron chi connectivity index (χ1n) is 12.6. The molecule has 1 aliphatic rings. The lowest BCUT2D eigenvalue weighted by atomic mass is 10.1. The van der Waals surface area contributed by atoms with Gasteiger partial charge in [0.2, 0.25) is 5.91 Å². The second kappa shape index (κ2) is 15.9. The van der Waals surface area contributed by atoms with Gasteiger partial charge < -0.3 is 19.7 Å². The molecule has 1 fully saturated rings. The maximum atomic E-state index is 13.1. The van der Waals surface area contributed by atoms with Crippen LogP contribution >= 0.6 is 22.6 Å². The highest BCUT2D eigenvalue weighted by molar-refractivity contribution is 14.1. The van der Waals surface area contributed by atoms with Crippen molar-refractivity contribution in [3.05, 3.63) is 27.3 Å². The van der Waals surface area contributed by atoms with Crippen LogP contribution in [0.4, 0.5) is 0 Å². The number of unbranched alkanes of at least 4 members (excludes halogenated alkanes) is 9. The van der Waals surface area contributed by atoms with Crippen LogP contribution in [0.25, 0.3) is 0 Å². The zero-order valence-electron chi connectivity index (χ0n) is 20.6. The SMILES string of the molecule is CCCCCCCCCCCCOC(=O)CC1C(=O)NCCN1C(=O)c1ccc(OC)c(I)c1. The number of ether oxygens (including phenoxy) is 2. The van der Waals surface area contributed by atoms with E-state index in [-0.39, 0.29) is 18.2 Å². The number of benzene rings is 1. The molecule has 2 amide bonds. The smallest absolute Gasteiger partial charge is 0.308 e. The van der Waals surface area contributed by atoms with Gasteiger partial charge in [0.05, 0.1) is 23.7 Å². The second-order valence-electron chi connectivity index (χ2n) is 8.76. The van der Waals surface area contributed by atoms with Gasteiger partial charge in [0.25, 0.3) is 5.91 Å². The van der Waals surface area contributed by atoms with Crippen molar-refractivity contribution < 1.29 is 23.9 Å². The van der Waals surface area contributed by atoms with Gasteiger partial charge in [-0.1, -0.05) is 64.7 Å². The van der Waals surface area contributed by atoms with E-state index in [4.69, 9.17) is 9.47 Å². The summed E-state index contributed by atoms with van der Waals surface area (Å²) in [5.41, 5.74) is 0.462. The fourth-order valence-corrected chi connectivity index (χ4v) is 4.85. The van der Waals surface area contributed by atoms with Gasteiger partial charge in [0.1, 0.15) is 11.8 Å². The summed E-state index contributed by atoms with van der Waals surface area (Å²) in [6, 6.07) is 4.28. The van der Waals surface area contributed by atoms with Gasteiger partial charge >= 0.3 is 5.97 Å². The summed E-state index contributed by atoms with van der Waals surface area (Å²) in [4.78, 5) is 39.4. The second-order valence-corrected chi connectivity index (χ2v) is 9.92. The van der Waals surface area contributed by atoms with Crippen LogP contribution in [0, 0.1) is 3.57 Å². The topological polar surface area (TPSA) is 84.9 Å². The average Bonchev–Trinajstić information content (AvgIpc) is 2.83. The van der Waals surface area contributed by atoms with Crippen molar-refractivity contribution in [2.45, 2.75) is 83.6 Å². The third kappa shape index (κ3) is 9.43. The van der Waals surface area contributed by atoms with Crippen molar-refractivity contribution in [3.8, 4) is 5.75 Å². The summed E-state index contributed by atoms with van der Waals surface area (Å²) in [5, 5.41) is 2.75. The predicted octanol–water partition coefficient (Wildman–Crippen LogP) is 5.09. The van der Waals surface area contributed by atoms with E-state index >= 15 is 0 Å². The standard InChI is InChI=1S/C26H39IN2O5/c1-3-4-5-6-7-8-9-10-11-12-17-34-24(30)19-22-25(31)28-15-16-29(22)26(32)20-13-14-23(33-2)21(27)18-20/h13-14,18,22H,3-12,15-17,19H2,1-2H3,(H,28,31). The molecule has 1 atom stereocenters. The number of piperazine rings is 1. The molecule has 1 aromatic rings. The Morgan fingerprint density at radius 2 is 1.71 bits per heavy atom. The van der Waals surface area contributed by atoms with E-state index in [1.807, 2.05) is 0 Å². The van der Waals surface area contributed by atoms with Crippen molar-refractivity contribution >= 4 is 40.4 Å². The first-order valence-corrected chi connectivity index (χ1v) is 13.6. The predicted molar refractivity (Wildman–Crippen MR) is 141 cm³/mol. The molecule has 1 saturated heterocycles. The highest BCUT2D eigenvalue weighted by Crippen LogP contribution is 2.23. The minimum atomic E-state index is -0.860. The molecule has 34 heavy (non-hydrogen) atoms. The van der Waals surface area contributed by atoms with Crippen LogP contribution in [0.15, 0.2) is 18.2 Å². The van der Waals surface area contributed by atoms with Crippen molar-refractivity contribution in [1.29, 1.82) is 0 Å². The molecule has 0 aromatic heterocycles. The Hall–Kier alpha value is -1.84. The monoisotopic (exact) mass is 586 g/mol. The van der Waals surface area contributed by atoms with E-state index in [0.29, 0.717) is 31.0 Å². The Kier molecular flexibility index (Phi) is 13.3. The number of amides is 2. The van der Waals surface area contributed by atoms with Gasteiger partial charge in [0, 0.05) is 18.7 Å². The zero-order valence-corrected chi connectivity index (χ0v) is 22.7. The molecule has 1 aromatic carbocycles. The molecule has 1 unspecified atom stereocenters. The third-order valence-electron chi connectivity index (χ3n) is 6.11. The number of hydrogen-bond donors (Lipinski definition) is 1. The molecule has 0 bridgehead atoms. The van der Waals surface area contributed by atoms with Gasteiger partial charge in [-0.25, -0.2) is 0 Å². The Morgan fingerprint density at radius 3 is 2.32 bits per heavy atom. The van der Waals surface area contributed by atoms with E-state index in [9.17, 15) is 14.4 Å². The summed E-state index contributed by atoms with van der Waals surface area (Å²) < 4.78 is 11.4. The third-order valence-corrected chi connectivity index (χ3v) is 6.95. The highest BCUT2D eigenvalue weighted by Gasteiger charge is 2.35. The van der Waals surface area contributed by atoms with Crippen molar-refractivity contribution in [1.82, 2.24) is 10.2 Å². The number of rotatable bonds is 15. The van der Waals surface area contributed by atoms with Gasteiger partial charge in [0.15, 0.2) is 0 Å². The highest BCUT2D eigenvalue weighted by atomic mass is 127. The Bertz CT molecular complexity index is 801. The minimum absolute atomic E-state index is 0.136. The van der Waals surface area contributed by atoms with Crippen LogP contribution in [0.2, 0.25) is 0 Å². The molecule has 0 aliphatic carbocycles. The molecule has 1 aliphatic heterocycles. The normalized spacial score (nSPS) is 15.7. The van der Waals surface area contributed by atoms with E-state index in [1.54, 1.807) is 25.3 Å². The lowest BCUT2D eigenvalue weighted by Gasteiger charge is -2.34. The average molecular weight is 587 g/mol. The molecule has 0 saturated carbocycles. The van der Waals surface area contributed by atoms with Crippen LogP contribution in [0.3, 0.4) is 0 Å². The van der Waals surface area contributed by atoms with Crippen molar-refractivity contribution in [2.75, 3.05) is 26.8 Å². The van der Waals surface area contributed by atoms with Gasteiger partial charge in [-0.15, -0.1) is 0 Å². The molecular weight excluding hydrogens is 547 g/mol. The van der Waals surface area contributed by atoms with Gasteiger partial charge in [-0.05, 0) is 47.2 Å². The molecule has 1 heterocycles. The summed E-state index contributed by atoms with van der Waals surface area (Å²) in [6.07, 6.45) is 12.0. The molecule has 0 radical (unpaired) electrons. The maximum absolute atomic E-state index is 13.1. The minimum Gasteiger partial charge on any atom is -0.496 e. The quantitative estimate of drug-likeness (QED) is 0.176. The van der Waals surface area contributed by atoms with E-state index in [0.717, 1.165) is 22.8 Å². The number of methoxy groups -OCH3 is 1. The van der Waals surface area contributed by atoms with Crippen LogP contribution in [0.1, 0.15) is 87.9 Å². The maximum Gasteiger partial charge on any atom is 0.308 e. The van der Waals surface area contributed by atoms with E-state index < -0.39 is 12.0 Å². The summed E-state index contributed by atoms with van der Waals surface area (Å²) in [7, 11) is 1.57. The van der Waals surface area contributed by atoms with Crippen molar-refractivity contribution in [3.63, 3.8) is 0 Å². The number of carbonyl (C=O) groups is 3. The van der Waals surface area contributed by atoms with Gasteiger partial charge in [-0.2, -0.15) is 0 Å². The Balaban J connectivity index is 1.74. The molecule has 2 rings (SSSR count). The molecular formula is C26H39IN2O5. The molecule has 190 valence electrons. The first kappa shape index (κ1) is 28.4. The number of carbonyl (C=O) groups excluding carboxylic acids is 3. The number of nitrogens with zero attached hydrogens (tertiary/aromatic N) is 1. The molecule has 1 N–H and O–H groups in total. The Labute approximate surface area is 217 Å². The lowest BCUT2D eigenvalue weighted by molar-refractivity contribution is -0.147. The van der Waals surface area contributed by atoms with Gasteiger partial charge in [-0.3, -0.25) is 14.4 Å². The van der Waals surface area contributed by atoms with E-state index in [2.05, 4.69) is 34.8 Å². The lowest BCUT2D eigenvalue weighted by Crippen LogP contribution is -2.57. The van der Waals surface area contributed by atoms with Crippen LogP contribution in [-0.2, 0) is 14.3 Å². The number of hydrogen-bond acceptors (Lipinski definition) is 5. The molecule has 8 heteroatoms. The van der Waals surface area contributed by atoms with Crippen LogP contribution < -0.4 is 10.1 Å². The summed E-state index contributed by atoms with van der Waals surface area (Å²) in [6.45, 7) is 3.30. The largest absolute Gasteiger partial charge is 0.496 e. The van der Waals surface area contributed by atoms with Crippen molar-refractivity contribution in [2.24, 2.45) is 0 Å². The van der Waals surface area contributed by atoms with Crippen LogP contribution in [0.5, 0.6) is 5.75 Å². The number of halogens is 1. The number of nitrogens with one attached hydrogen (secondary N) is 1. The number of esters is 1. The molecule has 0 spiro atoms. The van der Waals surface area contributed by atoms with Crippen LogP contribution in [-0.4, -0.2) is 55.5 Å². The molecule has 7 nitrogen and oxygen atoms in total. The summed E-state index contributed by atoms with van der Waals surface area (Å²) in [5.74, 6) is -0.359. The first-order chi connectivity index (χ1) is 16.5. The summed E-state index contributed by atoms with van der Waals surface area (Å²) >= 11 is 2.11. The Morgan fingerprint density at radius 1 is 1.06 bits per heavy atom. The fraction of sp³-hybridized carbons (Fsp3) is 0.654. The van der Waals surface area contributed by atoms with E-state index in [1.165, 1.54) is 49.8 Å². The fourth-order valence-electron chi connectivity index (χ4n) is 4.12. The zero-order chi connectivity index (χ0) is 24.8.